The van der Waals surface area contributed by atoms with Crippen molar-refractivity contribution in [1.29, 1.82) is 0 Å². The van der Waals surface area contributed by atoms with Crippen molar-refractivity contribution in [3.8, 4) is 17.2 Å². The fourth-order valence-electron chi connectivity index (χ4n) is 2.89. The van der Waals surface area contributed by atoms with E-state index in [2.05, 4.69) is 22.4 Å². The highest BCUT2D eigenvalue weighted by atomic mass is 16.5. The second-order valence-electron chi connectivity index (χ2n) is 5.99. The fourth-order valence-corrected chi connectivity index (χ4v) is 2.89. The monoisotopic (exact) mass is 366 g/mol. The second-order valence-corrected chi connectivity index (χ2v) is 5.99. The van der Waals surface area contributed by atoms with Gasteiger partial charge in [-0.05, 0) is 35.8 Å². The molecule has 140 valence electrons. The first-order valence-electron chi connectivity index (χ1n) is 8.59. The van der Waals surface area contributed by atoms with Gasteiger partial charge in [0.2, 0.25) is 5.75 Å². The molecule has 0 aromatic heterocycles. The molecule has 1 amide bonds. The molecule has 3 rings (SSSR count). The van der Waals surface area contributed by atoms with Crippen LogP contribution in [0.3, 0.4) is 0 Å². The summed E-state index contributed by atoms with van der Waals surface area (Å²) in [7, 11) is 4.65. The van der Waals surface area contributed by atoms with E-state index in [-0.39, 0.29) is 5.91 Å². The zero-order chi connectivity index (χ0) is 19.2. The number of aliphatic imine (C=N–C) groups is 1. The van der Waals surface area contributed by atoms with E-state index in [4.69, 9.17) is 14.2 Å². The largest absolute Gasteiger partial charge is 0.493 e. The van der Waals surface area contributed by atoms with Crippen molar-refractivity contribution in [2.24, 2.45) is 4.99 Å². The Hall–Kier alpha value is -3.28. The highest BCUT2D eigenvalue weighted by molar-refractivity contribution is 6.14. The fraction of sp³-hybridized carbons (Fsp3) is 0.238. The van der Waals surface area contributed by atoms with E-state index >= 15 is 0 Å². The molecule has 1 aliphatic heterocycles. The average molecular weight is 366 g/mol. The molecule has 6 heteroatoms. The first-order valence-corrected chi connectivity index (χ1v) is 8.59. The van der Waals surface area contributed by atoms with Gasteiger partial charge in [-0.3, -0.25) is 4.79 Å². The SMILES string of the molecule is COc1cc(/C=C2/N=C(CCc3ccccc3)NC2=O)cc(OC)c1OC. The number of nitrogens with zero attached hydrogens (tertiary/aromatic N) is 1. The molecule has 0 atom stereocenters. The molecule has 0 radical (unpaired) electrons. The maximum absolute atomic E-state index is 12.3. The minimum atomic E-state index is -0.216. The van der Waals surface area contributed by atoms with Crippen molar-refractivity contribution in [2.45, 2.75) is 12.8 Å². The molecular weight excluding hydrogens is 344 g/mol. The van der Waals surface area contributed by atoms with E-state index in [9.17, 15) is 4.79 Å². The van der Waals surface area contributed by atoms with Crippen LogP contribution in [0.2, 0.25) is 0 Å². The van der Waals surface area contributed by atoms with E-state index in [1.807, 2.05) is 18.2 Å². The molecule has 0 fully saturated rings. The lowest BCUT2D eigenvalue weighted by Gasteiger charge is -2.12. The normalized spacial score (nSPS) is 14.7. The number of carbonyl (C=O) groups excluding carboxylic acids is 1. The predicted octanol–water partition coefficient (Wildman–Crippen LogP) is 3.21. The predicted molar refractivity (Wildman–Crippen MR) is 104 cm³/mol. The van der Waals surface area contributed by atoms with Crippen LogP contribution < -0.4 is 19.5 Å². The number of amides is 1. The van der Waals surface area contributed by atoms with E-state index in [0.717, 1.165) is 12.0 Å². The van der Waals surface area contributed by atoms with Crippen LogP contribution in [0.15, 0.2) is 53.2 Å². The number of rotatable bonds is 7. The van der Waals surface area contributed by atoms with Gasteiger partial charge in [-0.25, -0.2) is 4.99 Å². The van der Waals surface area contributed by atoms with Crippen LogP contribution in [0.5, 0.6) is 17.2 Å². The minimum absolute atomic E-state index is 0.216. The van der Waals surface area contributed by atoms with Crippen LogP contribution in [0.4, 0.5) is 0 Å². The van der Waals surface area contributed by atoms with Gasteiger partial charge in [-0.1, -0.05) is 30.3 Å². The van der Waals surface area contributed by atoms with E-state index < -0.39 is 0 Å². The molecular formula is C21H22N2O4. The summed E-state index contributed by atoms with van der Waals surface area (Å²) >= 11 is 0. The summed E-state index contributed by atoms with van der Waals surface area (Å²) in [5.41, 5.74) is 2.30. The van der Waals surface area contributed by atoms with Gasteiger partial charge < -0.3 is 19.5 Å². The summed E-state index contributed by atoms with van der Waals surface area (Å²) in [5.74, 6) is 2.00. The van der Waals surface area contributed by atoms with Gasteiger partial charge in [0.25, 0.3) is 5.91 Å². The number of aryl methyl sites for hydroxylation is 1. The Morgan fingerprint density at radius 2 is 1.63 bits per heavy atom. The number of hydrogen-bond acceptors (Lipinski definition) is 5. The molecule has 0 aliphatic carbocycles. The molecule has 0 bridgehead atoms. The minimum Gasteiger partial charge on any atom is -0.493 e. The first-order chi connectivity index (χ1) is 13.1. The number of hydrogen-bond donors (Lipinski definition) is 1. The standard InChI is InChI=1S/C21H22N2O4/c1-25-17-12-15(13-18(26-2)20(17)27-3)11-16-21(24)23-19(22-16)10-9-14-7-5-4-6-8-14/h4-8,11-13H,9-10H2,1-3H3,(H,22,23,24)/b16-11+. The van der Waals surface area contributed by atoms with Crippen LogP contribution in [0.1, 0.15) is 17.5 Å². The summed E-state index contributed by atoms with van der Waals surface area (Å²) in [6.07, 6.45) is 3.19. The van der Waals surface area contributed by atoms with Gasteiger partial charge in [-0.15, -0.1) is 0 Å². The van der Waals surface area contributed by atoms with Crippen molar-refractivity contribution in [3.63, 3.8) is 0 Å². The maximum Gasteiger partial charge on any atom is 0.275 e. The number of ether oxygens (including phenoxy) is 3. The lowest BCUT2D eigenvalue weighted by atomic mass is 10.1. The second kappa shape index (κ2) is 8.40. The first kappa shape index (κ1) is 18.5. The topological polar surface area (TPSA) is 69.2 Å². The zero-order valence-corrected chi connectivity index (χ0v) is 15.6. The van der Waals surface area contributed by atoms with E-state index in [1.54, 1.807) is 39.5 Å². The van der Waals surface area contributed by atoms with Crippen LogP contribution in [0.25, 0.3) is 6.08 Å². The Labute approximate surface area is 158 Å². The Bertz CT molecular complexity index is 863. The summed E-state index contributed by atoms with van der Waals surface area (Å²) in [6, 6.07) is 13.7. The van der Waals surface area contributed by atoms with Crippen molar-refractivity contribution in [3.05, 3.63) is 59.3 Å². The van der Waals surface area contributed by atoms with Crippen molar-refractivity contribution in [2.75, 3.05) is 21.3 Å². The van der Waals surface area contributed by atoms with Crippen molar-refractivity contribution >= 4 is 17.8 Å². The molecule has 6 nitrogen and oxygen atoms in total. The van der Waals surface area contributed by atoms with Gasteiger partial charge >= 0.3 is 0 Å². The summed E-state index contributed by atoms with van der Waals surface area (Å²) in [4.78, 5) is 16.7. The molecule has 0 saturated heterocycles. The quantitative estimate of drug-likeness (QED) is 0.764. The molecule has 27 heavy (non-hydrogen) atoms. The molecule has 0 saturated carbocycles. The lowest BCUT2D eigenvalue weighted by Crippen LogP contribution is -2.24. The molecule has 1 aliphatic rings. The van der Waals surface area contributed by atoms with Crippen LogP contribution in [0, 0.1) is 0 Å². The van der Waals surface area contributed by atoms with Gasteiger partial charge in [0.05, 0.1) is 21.3 Å². The van der Waals surface area contributed by atoms with Crippen LogP contribution in [-0.4, -0.2) is 33.1 Å². The molecule has 2 aromatic carbocycles. The van der Waals surface area contributed by atoms with Crippen LogP contribution >= 0.6 is 0 Å². The highest BCUT2D eigenvalue weighted by Crippen LogP contribution is 2.38. The van der Waals surface area contributed by atoms with Crippen LogP contribution in [-0.2, 0) is 11.2 Å². The van der Waals surface area contributed by atoms with Crippen molar-refractivity contribution in [1.82, 2.24) is 5.32 Å². The highest BCUT2D eigenvalue weighted by Gasteiger charge is 2.20. The Morgan fingerprint density at radius 1 is 0.963 bits per heavy atom. The lowest BCUT2D eigenvalue weighted by molar-refractivity contribution is -0.115. The molecule has 0 unspecified atom stereocenters. The summed E-state index contributed by atoms with van der Waals surface area (Å²) in [5, 5.41) is 2.83. The zero-order valence-electron chi connectivity index (χ0n) is 15.6. The Balaban J connectivity index is 1.81. The Morgan fingerprint density at radius 3 is 2.22 bits per heavy atom. The van der Waals surface area contributed by atoms with Gasteiger partial charge in [-0.2, -0.15) is 0 Å². The number of benzene rings is 2. The summed E-state index contributed by atoms with van der Waals surface area (Å²) in [6.45, 7) is 0. The van der Waals surface area contributed by atoms with E-state index in [1.165, 1.54) is 5.56 Å². The number of amidine groups is 1. The van der Waals surface area contributed by atoms with Gasteiger partial charge in [0, 0.05) is 6.42 Å². The number of nitrogens with one attached hydrogen (secondary N) is 1. The summed E-state index contributed by atoms with van der Waals surface area (Å²) < 4.78 is 16.0. The number of carbonyl (C=O) groups is 1. The third-order valence-electron chi connectivity index (χ3n) is 4.23. The van der Waals surface area contributed by atoms with E-state index in [0.29, 0.717) is 35.2 Å². The maximum atomic E-state index is 12.3. The van der Waals surface area contributed by atoms with Gasteiger partial charge in [0.15, 0.2) is 11.5 Å². The third kappa shape index (κ3) is 4.28. The molecule has 2 aromatic rings. The van der Waals surface area contributed by atoms with Crippen molar-refractivity contribution < 1.29 is 19.0 Å². The molecule has 1 N–H and O–H groups in total. The smallest absolute Gasteiger partial charge is 0.275 e. The third-order valence-corrected chi connectivity index (χ3v) is 4.23. The Kier molecular flexibility index (Phi) is 5.76. The van der Waals surface area contributed by atoms with Gasteiger partial charge in [0.1, 0.15) is 11.5 Å². The molecule has 0 spiro atoms. The number of methoxy groups -OCH3 is 3. The molecule has 1 heterocycles. The average Bonchev–Trinajstić information content (AvgIpc) is 3.05.